The zero-order valence-corrected chi connectivity index (χ0v) is 15.9. The quantitative estimate of drug-likeness (QED) is 0.788. The molecule has 1 saturated heterocycles. The van der Waals surface area contributed by atoms with Gasteiger partial charge in [0.2, 0.25) is 0 Å². The van der Waals surface area contributed by atoms with Crippen LogP contribution in [0.2, 0.25) is 0 Å². The number of hydrogen-bond donors (Lipinski definition) is 2. The number of nitrogens with zero attached hydrogens (tertiary/aromatic N) is 1. The molecule has 1 unspecified atom stereocenters. The summed E-state index contributed by atoms with van der Waals surface area (Å²) in [6.45, 7) is 0.147. The van der Waals surface area contributed by atoms with Crippen molar-refractivity contribution in [3.63, 3.8) is 0 Å². The number of thiophene rings is 1. The molecule has 1 aromatic heterocycles. The second kappa shape index (κ2) is 8.15. The van der Waals surface area contributed by atoms with Crippen molar-refractivity contribution >= 4 is 33.4 Å². The van der Waals surface area contributed by atoms with Crippen LogP contribution in [-0.4, -0.2) is 37.2 Å². The van der Waals surface area contributed by atoms with Gasteiger partial charge in [0.15, 0.2) is 0 Å². The SMILES string of the molecule is O=C(NS(=O)(=O)N1CCCCC1NC(=O)c1ccccc1F)c1ccsc1. The molecule has 2 N–H and O–H groups in total. The maximum absolute atomic E-state index is 13.8. The van der Waals surface area contributed by atoms with Crippen molar-refractivity contribution in [1.82, 2.24) is 14.3 Å². The van der Waals surface area contributed by atoms with Gasteiger partial charge in [0.25, 0.3) is 11.8 Å². The largest absolute Gasteiger partial charge is 0.335 e. The van der Waals surface area contributed by atoms with E-state index in [1.54, 1.807) is 10.8 Å². The van der Waals surface area contributed by atoms with E-state index >= 15 is 0 Å². The summed E-state index contributed by atoms with van der Waals surface area (Å²) >= 11 is 1.28. The van der Waals surface area contributed by atoms with Crippen molar-refractivity contribution in [1.29, 1.82) is 0 Å². The van der Waals surface area contributed by atoms with Crippen molar-refractivity contribution in [3.8, 4) is 0 Å². The summed E-state index contributed by atoms with van der Waals surface area (Å²) in [7, 11) is -4.17. The third-order valence-electron chi connectivity index (χ3n) is 4.18. The Morgan fingerprint density at radius 3 is 2.63 bits per heavy atom. The highest BCUT2D eigenvalue weighted by Crippen LogP contribution is 2.19. The predicted molar refractivity (Wildman–Crippen MR) is 98.9 cm³/mol. The van der Waals surface area contributed by atoms with Gasteiger partial charge < -0.3 is 5.32 Å². The molecular weight excluding hydrogens is 393 g/mol. The molecule has 0 saturated carbocycles. The number of nitrogens with one attached hydrogen (secondary N) is 2. The highest BCUT2D eigenvalue weighted by Gasteiger charge is 2.35. The molecule has 2 amide bonds. The topological polar surface area (TPSA) is 95.6 Å². The average Bonchev–Trinajstić information content (AvgIpc) is 3.17. The Balaban J connectivity index is 1.75. The van der Waals surface area contributed by atoms with E-state index in [9.17, 15) is 22.4 Å². The van der Waals surface area contributed by atoms with Gasteiger partial charge in [0, 0.05) is 11.9 Å². The summed E-state index contributed by atoms with van der Waals surface area (Å²) in [6, 6.07) is 6.98. The Labute approximate surface area is 160 Å². The lowest BCUT2D eigenvalue weighted by Gasteiger charge is -2.34. The summed E-state index contributed by atoms with van der Waals surface area (Å²) in [6.07, 6.45) is 0.804. The molecule has 1 atom stereocenters. The summed E-state index contributed by atoms with van der Waals surface area (Å²) in [5.41, 5.74) is 0.0789. The molecule has 2 aromatic rings. The standard InChI is InChI=1S/C17H18FN3O4S2/c18-14-6-2-1-5-13(14)17(23)19-15-7-3-4-9-21(15)27(24,25)20-16(22)12-8-10-26-11-12/h1-2,5-6,8,10-11,15H,3-4,7,9H2,(H,19,23)(H,20,22). The lowest BCUT2D eigenvalue weighted by molar-refractivity contribution is 0.0878. The first-order valence-electron chi connectivity index (χ1n) is 8.30. The van der Waals surface area contributed by atoms with Crippen LogP contribution in [0.4, 0.5) is 4.39 Å². The van der Waals surface area contributed by atoms with E-state index in [2.05, 4.69) is 5.32 Å². The molecule has 0 spiro atoms. The fourth-order valence-corrected chi connectivity index (χ4v) is 4.81. The smallest absolute Gasteiger partial charge is 0.305 e. The Morgan fingerprint density at radius 1 is 1.15 bits per heavy atom. The molecule has 3 rings (SSSR count). The second-order valence-electron chi connectivity index (χ2n) is 6.02. The van der Waals surface area contributed by atoms with Gasteiger partial charge in [-0.3, -0.25) is 9.59 Å². The van der Waals surface area contributed by atoms with Crippen LogP contribution in [0.15, 0.2) is 41.1 Å². The highest BCUT2D eigenvalue weighted by molar-refractivity contribution is 7.87. The van der Waals surface area contributed by atoms with Crippen LogP contribution in [0.1, 0.15) is 40.0 Å². The minimum Gasteiger partial charge on any atom is -0.335 e. The summed E-state index contributed by atoms with van der Waals surface area (Å²) < 4.78 is 42.2. The molecule has 10 heteroatoms. The molecule has 1 aliphatic rings. The van der Waals surface area contributed by atoms with Crippen LogP contribution in [0.3, 0.4) is 0 Å². The number of amides is 2. The van der Waals surface area contributed by atoms with Crippen molar-refractivity contribution in [2.45, 2.75) is 25.4 Å². The highest BCUT2D eigenvalue weighted by atomic mass is 32.2. The Hall–Kier alpha value is -2.30. The molecule has 0 radical (unpaired) electrons. The third kappa shape index (κ3) is 4.52. The van der Waals surface area contributed by atoms with Gasteiger partial charge in [0.1, 0.15) is 5.82 Å². The minimum absolute atomic E-state index is 0.147. The van der Waals surface area contributed by atoms with Crippen molar-refractivity contribution in [3.05, 3.63) is 58.0 Å². The van der Waals surface area contributed by atoms with E-state index in [1.165, 1.54) is 35.6 Å². The first-order valence-corrected chi connectivity index (χ1v) is 10.7. The van der Waals surface area contributed by atoms with Gasteiger partial charge in [0.05, 0.1) is 17.3 Å². The van der Waals surface area contributed by atoms with Crippen molar-refractivity contribution in [2.24, 2.45) is 0 Å². The van der Waals surface area contributed by atoms with Gasteiger partial charge in [-0.15, -0.1) is 0 Å². The van der Waals surface area contributed by atoms with Gasteiger partial charge in [-0.25, -0.2) is 9.11 Å². The molecular formula is C17H18FN3O4S2. The molecule has 7 nitrogen and oxygen atoms in total. The van der Waals surface area contributed by atoms with Crippen LogP contribution < -0.4 is 10.0 Å². The van der Waals surface area contributed by atoms with E-state index in [-0.39, 0.29) is 17.7 Å². The second-order valence-corrected chi connectivity index (χ2v) is 8.43. The molecule has 144 valence electrons. The van der Waals surface area contributed by atoms with Crippen LogP contribution in [0.25, 0.3) is 0 Å². The van der Waals surface area contributed by atoms with E-state index < -0.39 is 34.0 Å². The Kier molecular flexibility index (Phi) is 5.88. The lowest BCUT2D eigenvalue weighted by Crippen LogP contribution is -2.56. The van der Waals surface area contributed by atoms with Gasteiger partial charge in [-0.2, -0.15) is 24.1 Å². The molecule has 2 heterocycles. The van der Waals surface area contributed by atoms with Crippen LogP contribution >= 0.6 is 11.3 Å². The third-order valence-corrected chi connectivity index (χ3v) is 6.36. The van der Waals surface area contributed by atoms with E-state index in [4.69, 9.17) is 0 Å². The molecule has 27 heavy (non-hydrogen) atoms. The first kappa shape index (κ1) is 19.5. The van der Waals surface area contributed by atoms with E-state index in [0.717, 1.165) is 10.4 Å². The number of carbonyl (C=O) groups is 2. The number of rotatable bonds is 5. The van der Waals surface area contributed by atoms with Crippen LogP contribution in [0, 0.1) is 5.82 Å². The first-order chi connectivity index (χ1) is 12.9. The normalized spacial score (nSPS) is 18.0. The number of benzene rings is 1. The van der Waals surface area contributed by atoms with Crippen molar-refractivity contribution < 1.29 is 22.4 Å². The maximum Gasteiger partial charge on any atom is 0.305 e. The lowest BCUT2D eigenvalue weighted by atomic mass is 10.1. The monoisotopic (exact) mass is 411 g/mol. The van der Waals surface area contributed by atoms with Crippen LogP contribution in [-0.2, 0) is 10.2 Å². The number of carbonyl (C=O) groups excluding carboxylic acids is 2. The minimum atomic E-state index is -4.17. The summed E-state index contributed by atoms with van der Waals surface area (Å²) in [5.74, 6) is -2.13. The zero-order valence-electron chi connectivity index (χ0n) is 14.2. The summed E-state index contributed by atoms with van der Waals surface area (Å²) in [4.78, 5) is 24.5. The predicted octanol–water partition coefficient (Wildman–Crippen LogP) is 2.10. The van der Waals surface area contributed by atoms with Gasteiger partial charge in [-0.05, 0) is 42.8 Å². The number of halogens is 1. The number of piperidine rings is 1. The van der Waals surface area contributed by atoms with E-state index in [0.29, 0.717) is 19.3 Å². The fraction of sp³-hybridized carbons (Fsp3) is 0.294. The van der Waals surface area contributed by atoms with Crippen LogP contribution in [0.5, 0.6) is 0 Å². The maximum atomic E-state index is 13.8. The molecule has 0 aliphatic carbocycles. The zero-order chi connectivity index (χ0) is 19.4. The Morgan fingerprint density at radius 2 is 1.93 bits per heavy atom. The molecule has 0 bridgehead atoms. The molecule has 1 aromatic carbocycles. The van der Waals surface area contributed by atoms with Gasteiger partial charge in [-0.1, -0.05) is 12.1 Å². The molecule has 1 fully saturated rings. The van der Waals surface area contributed by atoms with Crippen molar-refractivity contribution in [2.75, 3.05) is 6.54 Å². The summed E-state index contributed by atoms with van der Waals surface area (Å²) in [5, 5.41) is 5.77. The van der Waals surface area contributed by atoms with E-state index in [1.807, 2.05) is 4.72 Å². The average molecular weight is 411 g/mol. The number of hydrogen-bond acceptors (Lipinski definition) is 5. The fourth-order valence-electron chi connectivity index (χ4n) is 2.84. The molecule has 1 aliphatic heterocycles. The Bertz CT molecular complexity index is 931. The van der Waals surface area contributed by atoms with Gasteiger partial charge >= 0.3 is 10.2 Å².